The zero-order valence-corrected chi connectivity index (χ0v) is 13.4. The van der Waals surface area contributed by atoms with Crippen LogP contribution in [0, 0.1) is 0 Å². The molecule has 0 aliphatic rings. The van der Waals surface area contributed by atoms with Crippen molar-refractivity contribution in [3.8, 4) is 5.75 Å². The molecular formula is C16H22N2OS. The van der Waals surface area contributed by atoms with E-state index in [0.717, 1.165) is 23.0 Å². The lowest BCUT2D eigenvalue weighted by atomic mass is 9.86. The molecule has 0 unspecified atom stereocenters. The van der Waals surface area contributed by atoms with Gasteiger partial charge >= 0.3 is 0 Å². The Labute approximate surface area is 125 Å². The van der Waals surface area contributed by atoms with Crippen LogP contribution in [0.3, 0.4) is 0 Å². The van der Waals surface area contributed by atoms with Gasteiger partial charge in [-0.1, -0.05) is 39.0 Å². The summed E-state index contributed by atoms with van der Waals surface area (Å²) in [6.45, 7) is 7.92. The Morgan fingerprint density at radius 3 is 2.70 bits per heavy atom. The first kappa shape index (κ1) is 15.0. The number of para-hydroxylation sites is 1. The van der Waals surface area contributed by atoms with Crippen molar-refractivity contribution in [1.29, 1.82) is 0 Å². The Hall–Kier alpha value is -1.39. The summed E-state index contributed by atoms with van der Waals surface area (Å²) >= 11 is 1.67. The van der Waals surface area contributed by atoms with E-state index in [4.69, 9.17) is 4.74 Å². The van der Waals surface area contributed by atoms with Crippen molar-refractivity contribution in [2.45, 2.75) is 39.3 Å². The van der Waals surface area contributed by atoms with Crippen molar-refractivity contribution < 1.29 is 4.74 Å². The first-order valence-electron chi connectivity index (χ1n) is 6.81. The minimum atomic E-state index is 0.0793. The fourth-order valence-corrected chi connectivity index (χ4v) is 2.80. The van der Waals surface area contributed by atoms with Gasteiger partial charge in [0.2, 0.25) is 0 Å². The van der Waals surface area contributed by atoms with Crippen LogP contribution < -0.4 is 10.1 Å². The fourth-order valence-electron chi connectivity index (χ4n) is 2.01. The zero-order valence-electron chi connectivity index (χ0n) is 12.6. The normalized spacial score (nSPS) is 11.6. The second-order valence-electron chi connectivity index (χ2n) is 5.80. The molecule has 1 heterocycles. The van der Waals surface area contributed by atoms with Crippen molar-refractivity contribution in [3.63, 3.8) is 0 Å². The molecular weight excluding hydrogens is 268 g/mol. The number of hydrogen-bond donors (Lipinski definition) is 1. The fraction of sp³-hybridized carbons (Fsp3) is 0.438. The summed E-state index contributed by atoms with van der Waals surface area (Å²) in [6, 6.07) is 8.23. The molecule has 0 aliphatic heterocycles. The van der Waals surface area contributed by atoms with Crippen LogP contribution in [0.15, 0.2) is 29.6 Å². The maximum Gasteiger partial charge on any atom is 0.131 e. The standard InChI is InChI=1S/C16H22N2OS/c1-16(2,3)13-7-5-6-8-14(13)19-10-12-11-20-15(18-12)9-17-4/h5-8,11,17H,9-10H2,1-4H3. The minimum Gasteiger partial charge on any atom is -0.487 e. The Bertz CT molecular complexity index is 558. The lowest BCUT2D eigenvalue weighted by Crippen LogP contribution is -2.13. The van der Waals surface area contributed by atoms with E-state index in [-0.39, 0.29) is 5.41 Å². The maximum absolute atomic E-state index is 5.96. The van der Waals surface area contributed by atoms with Gasteiger partial charge in [0.15, 0.2) is 0 Å². The highest BCUT2D eigenvalue weighted by molar-refractivity contribution is 7.09. The van der Waals surface area contributed by atoms with Crippen LogP contribution in [0.1, 0.15) is 37.0 Å². The van der Waals surface area contributed by atoms with Gasteiger partial charge in [0, 0.05) is 11.9 Å². The van der Waals surface area contributed by atoms with Crippen LogP contribution in [-0.4, -0.2) is 12.0 Å². The lowest BCUT2D eigenvalue weighted by molar-refractivity contribution is 0.293. The van der Waals surface area contributed by atoms with Gasteiger partial charge in [0.1, 0.15) is 17.4 Å². The molecule has 4 heteroatoms. The van der Waals surface area contributed by atoms with Crippen molar-refractivity contribution >= 4 is 11.3 Å². The van der Waals surface area contributed by atoms with E-state index in [9.17, 15) is 0 Å². The highest BCUT2D eigenvalue weighted by Crippen LogP contribution is 2.31. The van der Waals surface area contributed by atoms with Crippen molar-refractivity contribution in [1.82, 2.24) is 10.3 Å². The number of rotatable bonds is 5. The van der Waals surface area contributed by atoms with Crippen LogP contribution in [0.5, 0.6) is 5.75 Å². The van der Waals surface area contributed by atoms with Gasteiger partial charge in [0.05, 0.1) is 5.69 Å². The van der Waals surface area contributed by atoms with Gasteiger partial charge in [-0.2, -0.15) is 0 Å². The predicted octanol–water partition coefficient (Wildman–Crippen LogP) is 3.74. The van der Waals surface area contributed by atoms with Crippen LogP contribution in [0.25, 0.3) is 0 Å². The smallest absolute Gasteiger partial charge is 0.131 e. The summed E-state index contributed by atoms with van der Waals surface area (Å²) in [7, 11) is 1.93. The molecule has 108 valence electrons. The molecule has 0 bridgehead atoms. The molecule has 3 nitrogen and oxygen atoms in total. The van der Waals surface area contributed by atoms with Gasteiger partial charge in [-0.25, -0.2) is 4.98 Å². The van der Waals surface area contributed by atoms with Crippen molar-refractivity contribution in [2.75, 3.05) is 7.05 Å². The van der Waals surface area contributed by atoms with Gasteiger partial charge < -0.3 is 10.1 Å². The quantitative estimate of drug-likeness (QED) is 0.911. The third-order valence-corrected chi connectivity index (χ3v) is 3.90. The number of nitrogens with zero attached hydrogens (tertiary/aromatic N) is 1. The number of thiazole rings is 1. The summed E-state index contributed by atoms with van der Waals surface area (Å²) in [5.74, 6) is 0.947. The van der Waals surface area contributed by atoms with E-state index in [2.05, 4.69) is 48.6 Å². The van der Waals surface area contributed by atoms with E-state index in [1.165, 1.54) is 5.56 Å². The third-order valence-electron chi connectivity index (χ3n) is 3.00. The van der Waals surface area contributed by atoms with E-state index >= 15 is 0 Å². The predicted molar refractivity (Wildman–Crippen MR) is 84.4 cm³/mol. The number of ether oxygens (including phenoxy) is 1. The van der Waals surface area contributed by atoms with E-state index in [0.29, 0.717) is 6.61 Å². The molecule has 1 aromatic heterocycles. The summed E-state index contributed by atoms with van der Waals surface area (Å²) in [4.78, 5) is 4.54. The number of benzene rings is 1. The summed E-state index contributed by atoms with van der Waals surface area (Å²) in [6.07, 6.45) is 0. The van der Waals surface area contributed by atoms with Gasteiger partial charge in [-0.15, -0.1) is 11.3 Å². The Morgan fingerprint density at radius 1 is 1.25 bits per heavy atom. The summed E-state index contributed by atoms with van der Waals surface area (Å²) in [5.41, 5.74) is 2.30. The third kappa shape index (κ3) is 3.81. The molecule has 0 atom stereocenters. The highest BCUT2D eigenvalue weighted by atomic mass is 32.1. The molecule has 0 aliphatic carbocycles. The Balaban J connectivity index is 2.07. The molecule has 2 rings (SSSR count). The molecule has 0 spiro atoms. The summed E-state index contributed by atoms with van der Waals surface area (Å²) < 4.78 is 5.96. The summed E-state index contributed by atoms with van der Waals surface area (Å²) in [5, 5.41) is 6.26. The van der Waals surface area contributed by atoms with Gasteiger partial charge in [0.25, 0.3) is 0 Å². The Morgan fingerprint density at radius 2 is 2.00 bits per heavy atom. The molecule has 0 saturated carbocycles. The molecule has 20 heavy (non-hydrogen) atoms. The van der Waals surface area contributed by atoms with Crippen LogP contribution in [-0.2, 0) is 18.6 Å². The van der Waals surface area contributed by atoms with E-state index in [1.54, 1.807) is 11.3 Å². The average molecular weight is 290 g/mol. The topological polar surface area (TPSA) is 34.2 Å². The van der Waals surface area contributed by atoms with Crippen molar-refractivity contribution in [3.05, 3.63) is 45.9 Å². The molecule has 0 radical (unpaired) electrons. The second-order valence-corrected chi connectivity index (χ2v) is 6.74. The zero-order chi connectivity index (χ0) is 14.6. The second kappa shape index (κ2) is 6.37. The average Bonchev–Trinajstić information content (AvgIpc) is 2.84. The molecule has 0 amide bonds. The van der Waals surface area contributed by atoms with Crippen molar-refractivity contribution in [2.24, 2.45) is 0 Å². The first-order chi connectivity index (χ1) is 9.50. The van der Waals surface area contributed by atoms with Crippen LogP contribution >= 0.6 is 11.3 Å². The van der Waals surface area contributed by atoms with Gasteiger partial charge in [-0.3, -0.25) is 0 Å². The molecule has 1 N–H and O–H groups in total. The van der Waals surface area contributed by atoms with E-state index in [1.807, 2.05) is 19.2 Å². The minimum absolute atomic E-state index is 0.0793. The van der Waals surface area contributed by atoms with Crippen LogP contribution in [0.4, 0.5) is 0 Å². The van der Waals surface area contributed by atoms with E-state index < -0.39 is 0 Å². The molecule has 2 aromatic rings. The monoisotopic (exact) mass is 290 g/mol. The molecule has 0 saturated heterocycles. The Kier molecular flexibility index (Phi) is 4.78. The first-order valence-corrected chi connectivity index (χ1v) is 7.69. The van der Waals surface area contributed by atoms with Gasteiger partial charge in [-0.05, 0) is 24.1 Å². The van der Waals surface area contributed by atoms with Crippen LogP contribution in [0.2, 0.25) is 0 Å². The largest absolute Gasteiger partial charge is 0.487 e. The lowest BCUT2D eigenvalue weighted by Gasteiger charge is -2.22. The number of nitrogens with one attached hydrogen (secondary N) is 1. The SMILES string of the molecule is CNCc1nc(COc2ccccc2C(C)(C)C)cs1. The highest BCUT2D eigenvalue weighted by Gasteiger charge is 2.18. The number of aromatic nitrogens is 1. The molecule has 0 fully saturated rings. The number of hydrogen-bond acceptors (Lipinski definition) is 4. The maximum atomic E-state index is 5.96. The molecule has 1 aromatic carbocycles.